The molecule has 0 aliphatic rings. The fourth-order valence-corrected chi connectivity index (χ4v) is 3.07. The lowest BCUT2D eigenvalue weighted by Crippen LogP contribution is -2.15. The van der Waals surface area contributed by atoms with Crippen LogP contribution in [0.15, 0.2) is 41.3 Å². The highest BCUT2D eigenvalue weighted by molar-refractivity contribution is 7.92. The number of benzene rings is 2. The SMILES string of the molecule is Cc1ccc(NS(=O)(=O)c2ccc(C#N)cc2N)cc1Cl. The average Bonchev–Trinajstić information content (AvgIpc) is 2.42. The van der Waals surface area contributed by atoms with Gasteiger partial charge in [0.15, 0.2) is 0 Å². The van der Waals surface area contributed by atoms with Crippen LogP contribution in [0.1, 0.15) is 11.1 Å². The first-order valence-electron chi connectivity index (χ1n) is 5.92. The quantitative estimate of drug-likeness (QED) is 0.849. The van der Waals surface area contributed by atoms with Crippen LogP contribution in [-0.2, 0) is 10.0 Å². The lowest BCUT2D eigenvalue weighted by molar-refractivity contribution is 0.601. The van der Waals surface area contributed by atoms with E-state index in [0.717, 1.165) is 5.56 Å². The summed E-state index contributed by atoms with van der Waals surface area (Å²) in [5.74, 6) is 0. The monoisotopic (exact) mass is 321 g/mol. The van der Waals surface area contributed by atoms with E-state index in [1.54, 1.807) is 12.1 Å². The Balaban J connectivity index is 2.38. The topological polar surface area (TPSA) is 96.0 Å². The van der Waals surface area contributed by atoms with E-state index in [0.29, 0.717) is 16.3 Å². The minimum Gasteiger partial charge on any atom is -0.398 e. The standard InChI is InChI=1S/C14H12ClN3O2S/c1-9-2-4-11(7-12(9)15)18-21(19,20)14-5-3-10(8-16)6-13(14)17/h2-7,18H,17H2,1H3. The highest BCUT2D eigenvalue weighted by atomic mass is 35.5. The van der Waals surface area contributed by atoms with E-state index in [9.17, 15) is 8.42 Å². The average molecular weight is 322 g/mol. The molecule has 0 unspecified atom stereocenters. The summed E-state index contributed by atoms with van der Waals surface area (Å²) >= 11 is 5.96. The third-order valence-corrected chi connectivity index (χ3v) is 4.71. The summed E-state index contributed by atoms with van der Waals surface area (Å²) < 4.78 is 27.0. The summed E-state index contributed by atoms with van der Waals surface area (Å²) in [6, 6.07) is 10.7. The molecule has 0 heterocycles. The zero-order valence-corrected chi connectivity index (χ0v) is 12.7. The molecule has 0 fully saturated rings. The maximum atomic E-state index is 12.3. The van der Waals surface area contributed by atoms with Gasteiger partial charge in [0.25, 0.3) is 10.0 Å². The van der Waals surface area contributed by atoms with Crippen molar-refractivity contribution >= 4 is 33.0 Å². The Labute approximate surface area is 128 Å². The molecule has 0 spiro atoms. The Morgan fingerprint density at radius 3 is 2.52 bits per heavy atom. The van der Waals surface area contributed by atoms with E-state index in [1.807, 2.05) is 13.0 Å². The number of nitriles is 1. The van der Waals surface area contributed by atoms with Crippen molar-refractivity contribution in [1.29, 1.82) is 5.26 Å². The van der Waals surface area contributed by atoms with Crippen molar-refractivity contribution in [3.63, 3.8) is 0 Å². The fourth-order valence-electron chi connectivity index (χ4n) is 1.73. The number of halogens is 1. The van der Waals surface area contributed by atoms with Crippen molar-refractivity contribution < 1.29 is 8.42 Å². The number of hydrogen-bond donors (Lipinski definition) is 2. The second kappa shape index (κ2) is 5.64. The summed E-state index contributed by atoms with van der Waals surface area (Å²) in [7, 11) is -3.84. The Hall–Kier alpha value is -2.23. The third-order valence-electron chi connectivity index (χ3n) is 2.85. The van der Waals surface area contributed by atoms with Crippen LogP contribution in [0.5, 0.6) is 0 Å². The van der Waals surface area contributed by atoms with Crippen LogP contribution in [0.2, 0.25) is 5.02 Å². The molecule has 2 rings (SSSR count). The van der Waals surface area contributed by atoms with Crippen molar-refractivity contribution in [2.45, 2.75) is 11.8 Å². The minimum absolute atomic E-state index is 0.0137. The Morgan fingerprint density at radius 1 is 1.24 bits per heavy atom. The molecular weight excluding hydrogens is 310 g/mol. The highest BCUT2D eigenvalue weighted by Crippen LogP contribution is 2.25. The molecule has 0 atom stereocenters. The van der Waals surface area contributed by atoms with Gasteiger partial charge in [0.2, 0.25) is 0 Å². The molecule has 21 heavy (non-hydrogen) atoms. The number of rotatable bonds is 3. The molecule has 2 aromatic rings. The van der Waals surface area contributed by atoms with E-state index in [-0.39, 0.29) is 10.6 Å². The predicted molar refractivity (Wildman–Crippen MR) is 82.6 cm³/mol. The number of nitrogens with zero attached hydrogens (tertiary/aromatic N) is 1. The first-order chi connectivity index (χ1) is 9.83. The lowest BCUT2D eigenvalue weighted by atomic mass is 10.2. The summed E-state index contributed by atoms with van der Waals surface area (Å²) in [5.41, 5.74) is 7.19. The van der Waals surface area contributed by atoms with Crippen molar-refractivity contribution in [2.75, 3.05) is 10.5 Å². The van der Waals surface area contributed by atoms with Gasteiger partial charge in [0, 0.05) is 5.02 Å². The largest absolute Gasteiger partial charge is 0.398 e. The van der Waals surface area contributed by atoms with Gasteiger partial charge < -0.3 is 5.73 Å². The van der Waals surface area contributed by atoms with Gasteiger partial charge in [-0.1, -0.05) is 17.7 Å². The highest BCUT2D eigenvalue weighted by Gasteiger charge is 2.18. The molecule has 0 aliphatic carbocycles. The van der Waals surface area contributed by atoms with E-state index in [2.05, 4.69) is 4.72 Å². The van der Waals surface area contributed by atoms with Crippen molar-refractivity contribution in [3.8, 4) is 6.07 Å². The van der Waals surface area contributed by atoms with Gasteiger partial charge in [-0.3, -0.25) is 4.72 Å². The first-order valence-corrected chi connectivity index (χ1v) is 7.78. The zero-order valence-electron chi connectivity index (χ0n) is 11.1. The molecule has 0 bridgehead atoms. The zero-order chi connectivity index (χ0) is 15.6. The number of nitrogens with one attached hydrogen (secondary N) is 1. The fraction of sp³-hybridized carbons (Fsp3) is 0.0714. The Bertz CT molecular complexity index is 842. The number of hydrogen-bond acceptors (Lipinski definition) is 4. The number of nitrogens with two attached hydrogens (primary N) is 1. The molecular formula is C14H12ClN3O2S. The lowest BCUT2D eigenvalue weighted by Gasteiger charge is -2.11. The normalized spacial score (nSPS) is 10.9. The van der Waals surface area contributed by atoms with Crippen LogP contribution in [-0.4, -0.2) is 8.42 Å². The van der Waals surface area contributed by atoms with Crippen molar-refractivity contribution in [1.82, 2.24) is 0 Å². The molecule has 0 aromatic heterocycles. The summed E-state index contributed by atoms with van der Waals surface area (Å²) in [6.07, 6.45) is 0. The van der Waals surface area contributed by atoms with Gasteiger partial charge in [-0.25, -0.2) is 8.42 Å². The maximum Gasteiger partial charge on any atom is 0.263 e. The Morgan fingerprint density at radius 2 is 1.95 bits per heavy atom. The Kier molecular flexibility index (Phi) is 4.07. The van der Waals surface area contributed by atoms with Gasteiger partial charge >= 0.3 is 0 Å². The van der Waals surface area contributed by atoms with E-state index >= 15 is 0 Å². The second-order valence-corrected chi connectivity index (χ2v) is 6.49. The molecule has 0 amide bonds. The van der Waals surface area contributed by atoms with E-state index < -0.39 is 10.0 Å². The number of aryl methyl sites for hydroxylation is 1. The van der Waals surface area contributed by atoms with Crippen molar-refractivity contribution in [3.05, 3.63) is 52.5 Å². The predicted octanol–water partition coefficient (Wildman–Crippen LogP) is 2.90. The number of nitrogen functional groups attached to an aromatic ring is 1. The van der Waals surface area contributed by atoms with Gasteiger partial charge in [0.05, 0.1) is 23.0 Å². The first kappa shape index (κ1) is 15.2. The van der Waals surface area contributed by atoms with Gasteiger partial charge in [-0.2, -0.15) is 5.26 Å². The molecule has 108 valence electrons. The van der Waals surface area contributed by atoms with E-state index in [1.165, 1.54) is 24.3 Å². The summed E-state index contributed by atoms with van der Waals surface area (Å²) in [6.45, 7) is 1.82. The molecule has 5 nitrogen and oxygen atoms in total. The molecule has 0 saturated heterocycles. The van der Waals surface area contributed by atoms with Crippen LogP contribution in [0.3, 0.4) is 0 Å². The van der Waals surface area contributed by atoms with Crippen LogP contribution < -0.4 is 10.5 Å². The smallest absolute Gasteiger partial charge is 0.263 e. The van der Waals surface area contributed by atoms with Crippen LogP contribution in [0.25, 0.3) is 0 Å². The molecule has 2 aromatic carbocycles. The molecule has 7 heteroatoms. The van der Waals surface area contributed by atoms with Crippen LogP contribution in [0.4, 0.5) is 11.4 Å². The van der Waals surface area contributed by atoms with Gasteiger partial charge in [0.1, 0.15) is 4.90 Å². The van der Waals surface area contributed by atoms with Crippen LogP contribution >= 0.6 is 11.6 Å². The maximum absolute atomic E-state index is 12.3. The van der Waals surface area contributed by atoms with Crippen molar-refractivity contribution in [2.24, 2.45) is 0 Å². The number of anilines is 2. The molecule has 0 saturated carbocycles. The second-order valence-electron chi connectivity index (χ2n) is 4.43. The molecule has 3 N–H and O–H groups in total. The number of sulfonamides is 1. The van der Waals surface area contributed by atoms with E-state index in [4.69, 9.17) is 22.6 Å². The van der Waals surface area contributed by atoms with Gasteiger partial charge in [-0.15, -0.1) is 0 Å². The summed E-state index contributed by atoms with van der Waals surface area (Å²) in [5, 5.41) is 9.22. The van der Waals surface area contributed by atoms with Crippen LogP contribution in [0, 0.1) is 18.3 Å². The minimum atomic E-state index is -3.84. The molecule has 0 radical (unpaired) electrons. The molecule has 0 aliphatic heterocycles. The van der Waals surface area contributed by atoms with Gasteiger partial charge in [-0.05, 0) is 42.8 Å². The summed E-state index contributed by atoms with van der Waals surface area (Å²) in [4.78, 5) is -0.0850. The third kappa shape index (κ3) is 3.27.